The number of rotatable bonds is 9. The maximum atomic E-state index is 2.23. The summed E-state index contributed by atoms with van der Waals surface area (Å²) in [5, 5.41) is 12.6. The van der Waals surface area contributed by atoms with E-state index in [0.29, 0.717) is 0 Å². The van der Waals surface area contributed by atoms with Gasteiger partial charge in [-0.3, -0.25) is 0 Å². The summed E-state index contributed by atoms with van der Waals surface area (Å²) in [5.41, 5.74) is 0. The van der Waals surface area contributed by atoms with Crippen LogP contribution in [0.4, 0.5) is 0 Å². The van der Waals surface area contributed by atoms with Crippen molar-refractivity contribution in [3.05, 3.63) is 273 Å². The fraction of sp³-hybridized carbons (Fsp3) is 0. The molecule has 0 bridgehead atoms. The van der Waals surface area contributed by atoms with Gasteiger partial charge in [-0.05, 0) is 71.5 Å². The molecule has 0 aromatic heterocycles. The maximum absolute atomic E-state index is 2.23. The van der Waals surface area contributed by atoms with Gasteiger partial charge in [-0.25, -0.2) is 0 Å². The van der Waals surface area contributed by atoms with Crippen molar-refractivity contribution in [2.24, 2.45) is 0 Å². The van der Waals surface area contributed by atoms with E-state index in [1.54, 1.807) is 0 Å². The SMILES string of the molecule is [H-].[H-].[H-].[H-].[K+].[Rh+3].c1ccc(P(c2ccccc2)c2ccccc2)cc1.c1ccc(P(c2ccccc2)c2ccccc2)cc1.c1ccc(P(c2ccccc2)c2ccccc2)cc1. The average molecular weight is 933 g/mol. The van der Waals surface area contributed by atoms with Crippen LogP contribution in [0.3, 0.4) is 0 Å². The van der Waals surface area contributed by atoms with E-state index < -0.39 is 23.8 Å². The first-order valence-corrected chi connectivity index (χ1v) is 23.2. The standard InChI is InChI=1S/3C18H15P.K.Rh.4H/c3*1-4-10-16(11-5-1)19(17-12-6-2-7-13-17)18-14-8-3-9-15-18;;;;;;/h3*1-15H;;;;;;/q;;;+1;+3;4*-1. The molecule has 0 atom stereocenters. The van der Waals surface area contributed by atoms with Crippen LogP contribution in [0.15, 0.2) is 273 Å². The summed E-state index contributed by atoms with van der Waals surface area (Å²) in [6.45, 7) is 0. The second kappa shape index (κ2) is 26.0. The van der Waals surface area contributed by atoms with Gasteiger partial charge in [0.2, 0.25) is 0 Å². The first-order chi connectivity index (χ1) is 28.3. The minimum atomic E-state index is -0.446. The molecular weight excluding hydrogens is 884 g/mol. The smallest absolute Gasteiger partial charge is 1.00 e. The second-order valence-electron chi connectivity index (χ2n) is 13.0. The predicted octanol–water partition coefficient (Wildman–Crippen LogP) is 7.79. The summed E-state index contributed by atoms with van der Waals surface area (Å²) in [5.74, 6) is 0. The van der Waals surface area contributed by atoms with E-state index in [-0.39, 0.29) is 76.6 Å². The van der Waals surface area contributed by atoms with Crippen LogP contribution < -0.4 is 99.1 Å². The van der Waals surface area contributed by atoms with Gasteiger partial charge < -0.3 is 5.71 Å². The van der Waals surface area contributed by atoms with Crippen LogP contribution in [0.5, 0.6) is 0 Å². The van der Waals surface area contributed by atoms with Gasteiger partial charge >= 0.3 is 70.9 Å². The van der Waals surface area contributed by atoms with E-state index in [0.717, 1.165) is 0 Å². The molecule has 0 aliphatic heterocycles. The Hall–Kier alpha value is -3.47. The zero-order valence-electron chi connectivity index (χ0n) is 37.2. The number of benzene rings is 9. The van der Waals surface area contributed by atoms with Crippen molar-refractivity contribution in [3.63, 3.8) is 0 Å². The molecular formula is C54H49KP3Rh. The molecule has 0 unspecified atom stereocenters. The average Bonchev–Trinajstić information content (AvgIpc) is 3.30. The van der Waals surface area contributed by atoms with Gasteiger partial charge in [0.1, 0.15) is 0 Å². The van der Waals surface area contributed by atoms with Crippen molar-refractivity contribution >= 4 is 71.5 Å². The van der Waals surface area contributed by atoms with Gasteiger partial charge in [0.25, 0.3) is 0 Å². The van der Waals surface area contributed by atoms with Gasteiger partial charge in [0.05, 0.1) is 0 Å². The van der Waals surface area contributed by atoms with E-state index in [4.69, 9.17) is 0 Å². The monoisotopic (exact) mass is 932 g/mol. The molecule has 0 saturated heterocycles. The van der Waals surface area contributed by atoms with Crippen LogP contribution in [0, 0.1) is 0 Å². The zero-order valence-corrected chi connectivity index (χ0v) is 40.6. The molecule has 9 aromatic carbocycles. The normalized spacial score (nSPS) is 10.2. The topological polar surface area (TPSA) is 0 Å². The van der Waals surface area contributed by atoms with Crippen molar-refractivity contribution in [2.45, 2.75) is 0 Å². The fourth-order valence-corrected chi connectivity index (χ4v) is 13.5. The minimum Gasteiger partial charge on any atom is -1.00 e. The summed E-state index contributed by atoms with van der Waals surface area (Å²) >= 11 is 0. The third kappa shape index (κ3) is 13.8. The largest absolute Gasteiger partial charge is 3.00 e. The van der Waals surface area contributed by atoms with Gasteiger partial charge in [-0.2, -0.15) is 0 Å². The van der Waals surface area contributed by atoms with Crippen LogP contribution in [0.1, 0.15) is 5.71 Å². The zero-order chi connectivity index (χ0) is 38.7. The van der Waals surface area contributed by atoms with Crippen LogP contribution in [0.25, 0.3) is 0 Å². The first-order valence-electron chi connectivity index (χ1n) is 19.2. The maximum Gasteiger partial charge on any atom is 3.00 e. The fourth-order valence-electron chi connectivity index (χ4n) is 6.54. The van der Waals surface area contributed by atoms with Gasteiger partial charge in [0.15, 0.2) is 0 Å². The summed E-state index contributed by atoms with van der Waals surface area (Å²) in [7, 11) is -1.34. The minimum absolute atomic E-state index is 0. The van der Waals surface area contributed by atoms with Crippen molar-refractivity contribution in [3.8, 4) is 0 Å². The Morgan fingerprint density at radius 2 is 0.254 bits per heavy atom. The van der Waals surface area contributed by atoms with Crippen molar-refractivity contribution in [1.29, 1.82) is 0 Å². The van der Waals surface area contributed by atoms with Crippen LogP contribution in [-0.2, 0) is 19.5 Å². The van der Waals surface area contributed by atoms with Crippen LogP contribution in [0.2, 0.25) is 0 Å². The van der Waals surface area contributed by atoms with E-state index in [1.165, 1.54) is 47.7 Å². The molecule has 0 radical (unpaired) electrons. The van der Waals surface area contributed by atoms with Crippen LogP contribution >= 0.6 is 23.8 Å². The summed E-state index contributed by atoms with van der Waals surface area (Å²) in [4.78, 5) is 0. The number of hydrogen-bond donors (Lipinski definition) is 0. The molecule has 0 aliphatic rings. The van der Waals surface area contributed by atoms with Gasteiger partial charge in [-0.15, -0.1) is 0 Å². The molecule has 0 saturated carbocycles. The van der Waals surface area contributed by atoms with E-state index in [1.807, 2.05) is 0 Å². The third-order valence-corrected chi connectivity index (χ3v) is 16.5. The molecule has 0 spiro atoms. The Labute approximate surface area is 416 Å². The molecule has 0 aliphatic carbocycles. The molecule has 59 heavy (non-hydrogen) atoms. The van der Waals surface area contributed by atoms with Crippen molar-refractivity contribution < 1.29 is 76.6 Å². The molecule has 0 N–H and O–H groups in total. The Morgan fingerprint density at radius 3 is 0.339 bits per heavy atom. The van der Waals surface area contributed by atoms with Crippen LogP contribution in [-0.4, -0.2) is 0 Å². The molecule has 0 amide bonds. The number of hydrogen-bond acceptors (Lipinski definition) is 0. The molecule has 290 valence electrons. The Bertz CT molecular complexity index is 1890. The Morgan fingerprint density at radius 1 is 0.169 bits per heavy atom. The molecule has 9 aromatic rings. The summed E-state index contributed by atoms with van der Waals surface area (Å²) in [6.07, 6.45) is 0. The molecule has 9 rings (SSSR count). The van der Waals surface area contributed by atoms with E-state index >= 15 is 0 Å². The summed E-state index contributed by atoms with van der Waals surface area (Å²) < 4.78 is 0. The van der Waals surface area contributed by atoms with Crippen molar-refractivity contribution in [2.75, 3.05) is 0 Å². The van der Waals surface area contributed by atoms with E-state index in [9.17, 15) is 0 Å². The van der Waals surface area contributed by atoms with E-state index in [2.05, 4.69) is 273 Å². The molecule has 5 heteroatoms. The third-order valence-electron chi connectivity index (χ3n) is 9.13. The quantitative estimate of drug-likeness (QED) is 0.103. The van der Waals surface area contributed by atoms with Gasteiger partial charge in [-0.1, -0.05) is 273 Å². The first kappa shape index (κ1) is 46.6. The Balaban J connectivity index is 0.000000451. The predicted molar refractivity (Wildman–Crippen MR) is 260 cm³/mol. The molecule has 0 fully saturated rings. The Kier molecular flexibility index (Phi) is 20.5. The molecule has 0 heterocycles. The molecule has 0 nitrogen and oxygen atoms in total. The van der Waals surface area contributed by atoms with Gasteiger partial charge in [0, 0.05) is 0 Å². The van der Waals surface area contributed by atoms with Crippen molar-refractivity contribution in [1.82, 2.24) is 0 Å². The second-order valence-corrected chi connectivity index (χ2v) is 19.7. The summed E-state index contributed by atoms with van der Waals surface area (Å²) in [6, 6.07) is 97.0.